The molecule has 1 aromatic heterocycles. The highest BCUT2D eigenvalue weighted by molar-refractivity contribution is 9.10. The van der Waals surface area contributed by atoms with Crippen molar-refractivity contribution >= 4 is 33.3 Å². The molecule has 2 rings (SSSR count). The summed E-state index contributed by atoms with van der Waals surface area (Å²) in [7, 11) is 0. The molecule has 3 N–H and O–H groups in total. The Morgan fingerprint density at radius 2 is 2.33 bits per heavy atom. The molecule has 0 bridgehead atoms. The summed E-state index contributed by atoms with van der Waals surface area (Å²) in [6.07, 6.45) is 5.14. The summed E-state index contributed by atoms with van der Waals surface area (Å²) < 4.78 is 0.883. The van der Waals surface area contributed by atoms with E-state index in [9.17, 15) is 0 Å². The van der Waals surface area contributed by atoms with Crippen molar-refractivity contribution in [2.75, 3.05) is 11.9 Å². The number of anilines is 1. The van der Waals surface area contributed by atoms with Gasteiger partial charge in [0.05, 0.1) is 10.6 Å². The van der Waals surface area contributed by atoms with Gasteiger partial charge in [-0.2, -0.15) is 0 Å². The Balaban J connectivity index is 2.16. The van der Waals surface area contributed by atoms with Gasteiger partial charge in [-0.05, 0) is 41.3 Å². The molecule has 1 aliphatic carbocycles. The van der Waals surface area contributed by atoms with Gasteiger partial charge in [-0.3, -0.25) is 0 Å². The number of nitrogens with one attached hydrogen (secondary N) is 1. The van der Waals surface area contributed by atoms with Gasteiger partial charge in [-0.25, -0.2) is 4.98 Å². The van der Waals surface area contributed by atoms with Crippen molar-refractivity contribution in [1.29, 1.82) is 0 Å². The van der Waals surface area contributed by atoms with Crippen LogP contribution in [-0.4, -0.2) is 17.1 Å². The van der Waals surface area contributed by atoms with Gasteiger partial charge in [-0.15, -0.1) is 0 Å². The summed E-state index contributed by atoms with van der Waals surface area (Å²) in [6.45, 7) is 0.626. The molecule has 0 amide bonds. The fourth-order valence-corrected chi connectivity index (χ4v) is 2.42. The molecule has 1 fully saturated rings. The summed E-state index contributed by atoms with van der Waals surface area (Å²) in [5.74, 6) is 0.727. The maximum atomic E-state index is 6.08. The largest absolute Gasteiger partial charge is 0.362 e. The molecule has 3 nitrogen and oxygen atoms in total. The number of rotatable bonds is 3. The number of halogens is 2. The van der Waals surface area contributed by atoms with Gasteiger partial charge in [0.25, 0.3) is 0 Å². The molecular formula is C10H13BrClN3. The molecule has 0 aliphatic heterocycles. The lowest BCUT2D eigenvalue weighted by atomic mass is 9.77. The van der Waals surface area contributed by atoms with Crippen LogP contribution in [0.5, 0.6) is 0 Å². The second kappa shape index (κ2) is 4.28. The summed E-state index contributed by atoms with van der Waals surface area (Å²) in [6, 6.07) is 1.83. The van der Waals surface area contributed by atoms with Crippen LogP contribution in [0.4, 0.5) is 5.82 Å². The zero-order valence-electron chi connectivity index (χ0n) is 8.26. The van der Waals surface area contributed by atoms with Crippen LogP contribution in [0.1, 0.15) is 19.3 Å². The van der Waals surface area contributed by atoms with E-state index < -0.39 is 0 Å². The molecule has 1 aromatic rings. The normalized spacial score (nSPS) is 18.3. The Labute approximate surface area is 103 Å². The predicted octanol–water partition coefficient (Wildman–Crippen LogP) is 2.79. The van der Waals surface area contributed by atoms with E-state index in [0.717, 1.165) is 23.1 Å². The van der Waals surface area contributed by atoms with Gasteiger partial charge in [0.15, 0.2) is 0 Å². The van der Waals surface area contributed by atoms with E-state index in [2.05, 4.69) is 26.2 Å². The Kier molecular flexibility index (Phi) is 3.19. The topological polar surface area (TPSA) is 50.9 Å². The molecule has 1 heterocycles. The quantitative estimate of drug-likeness (QED) is 0.900. The third-order valence-corrected chi connectivity index (χ3v) is 3.61. The average Bonchev–Trinajstić information content (AvgIpc) is 2.14. The summed E-state index contributed by atoms with van der Waals surface area (Å²) in [5.41, 5.74) is 5.77. The van der Waals surface area contributed by atoms with Crippen LogP contribution in [-0.2, 0) is 0 Å². The molecule has 0 radical (unpaired) electrons. The lowest BCUT2D eigenvalue weighted by Gasteiger charge is -2.42. The second-order valence-corrected chi connectivity index (χ2v) is 5.27. The van der Waals surface area contributed by atoms with E-state index in [-0.39, 0.29) is 5.54 Å². The third-order valence-electron chi connectivity index (χ3n) is 2.89. The lowest BCUT2D eigenvalue weighted by molar-refractivity contribution is 0.286. The van der Waals surface area contributed by atoms with Crippen molar-refractivity contribution in [1.82, 2.24) is 4.98 Å². The van der Waals surface area contributed by atoms with Crippen LogP contribution >= 0.6 is 27.5 Å². The number of hydrogen-bond acceptors (Lipinski definition) is 3. The van der Waals surface area contributed by atoms with Crippen LogP contribution in [0.15, 0.2) is 16.7 Å². The van der Waals surface area contributed by atoms with E-state index in [1.54, 1.807) is 6.20 Å². The smallest absolute Gasteiger partial charge is 0.145 e. The van der Waals surface area contributed by atoms with Crippen LogP contribution in [0, 0.1) is 0 Å². The zero-order valence-corrected chi connectivity index (χ0v) is 10.6. The Morgan fingerprint density at radius 1 is 1.60 bits per heavy atom. The van der Waals surface area contributed by atoms with Gasteiger partial charge in [0.1, 0.15) is 5.82 Å². The van der Waals surface area contributed by atoms with Crippen molar-refractivity contribution in [2.24, 2.45) is 5.73 Å². The molecule has 0 unspecified atom stereocenters. The zero-order chi connectivity index (χ0) is 10.9. The van der Waals surface area contributed by atoms with Gasteiger partial charge in [0, 0.05) is 17.2 Å². The molecule has 0 saturated heterocycles. The highest BCUT2D eigenvalue weighted by atomic mass is 79.9. The van der Waals surface area contributed by atoms with E-state index in [0.29, 0.717) is 11.6 Å². The molecule has 0 atom stereocenters. The first-order chi connectivity index (χ1) is 7.15. The van der Waals surface area contributed by atoms with Crippen LogP contribution < -0.4 is 11.1 Å². The van der Waals surface area contributed by atoms with Crippen molar-refractivity contribution in [3.8, 4) is 0 Å². The van der Waals surface area contributed by atoms with Crippen molar-refractivity contribution in [2.45, 2.75) is 24.8 Å². The lowest BCUT2D eigenvalue weighted by Crippen LogP contribution is -2.51. The van der Waals surface area contributed by atoms with Gasteiger partial charge >= 0.3 is 0 Å². The molecule has 0 aromatic carbocycles. The number of aromatic nitrogens is 1. The van der Waals surface area contributed by atoms with Crippen LogP contribution in [0.25, 0.3) is 0 Å². The van der Waals surface area contributed by atoms with Crippen molar-refractivity contribution in [3.63, 3.8) is 0 Å². The third kappa shape index (κ3) is 2.27. The van der Waals surface area contributed by atoms with Crippen LogP contribution in [0.2, 0.25) is 5.02 Å². The van der Waals surface area contributed by atoms with E-state index in [4.69, 9.17) is 17.3 Å². The van der Waals surface area contributed by atoms with E-state index in [1.165, 1.54) is 6.42 Å². The van der Waals surface area contributed by atoms with Crippen molar-refractivity contribution < 1.29 is 0 Å². The van der Waals surface area contributed by atoms with Gasteiger partial charge in [0.2, 0.25) is 0 Å². The molecule has 15 heavy (non-hydrogen) atoms. The van der Waals surface area contributed by atoms with Crippen LogP contribution in [0.3, 0.4) is 0 Å². The molecule has 1 aliphatic rings. The Bertz CT molecular complexity index is 360. The maximum absolute atomic E-state index is 6.08. The van der Waals surface area contributed by atoms with E-state index >= 15 is 0 Å². The molecular weight excluding hydrogens is 277 g/mol. The Hall–Kier alpha value is -0.320. The monoisotopic (exact) mass is 289 g/mol. The minimum absolute atomic E-state index is 0.0183. The first-order valence-corrected chi connectivity index (χ1v) is 6.12. The summed E-state index contributed by atoms with van der Waals surface area (Å²) in [4.78, 5) is 4.25. The fourth-order valence-electron chi connectivity index (χ4n) is 1.74. The number of hydrogen-bond donors (Lipinski definition) is 2. The number of nitrogens with zero attached hydrogens (tertiary/aromatic N) is 1. The number of pyridine rings is 1. The molecule has 0 spiro atoms. The van der Waals surface area contributed by atoms with Gasteiger partial charge < -0.3 is 11.1 Å². The first kappa shape index (κ1) is 11.2. The summed E-state index contributed by atoms with van der Waals surface area (Å²) >= 11 is 9.40. The molecule has 5 heteroatoms. The first-order valence-electron chi connectivity index (χ1n) is 4.94. The predicted molar refractivity (Wildman–Crippen MR) is 66.2 cm³/mol. The highest BCUT2D eigenvalue weighted by Crippen LogP contribution is 2.36. The highest BCUT2D eigenvalue weighted by Gasteiger charge is 2.36. The average molecular weight is 291 g/mol. The fraction of sp³-hybridized carbons (Fsp3) is 0.500. The second-order valence-electron chi connectivity index (χ2n) is 3.95. The SMILES string of the molecule is NCC1(Nc2ncc(Br)cc2Cl)CCC1. The van der Waals surface area contributed by atoms with E-state index in [1.807, 2.05) is 6.07 Å². The molecule has 82 valence electrons. The Morgan fingerprint density at radius 3 is 2.80 bits per heavy atom. The van der Waals surface area contributed by atoms with Crippen molar-refractivity contribution in [3.05, 3.63) is 21.8 Å². The molecule has 1 saturated carbocycles. The van der Waals surface area contributed by atoms with Gasteiger partial charge in [-0.1, -0.05) is 11.6 Å². The standard InChI is InChI=1S/C10H13BrClN3/c11-7-4-8(12)9(14-5-7)15-10(6-13)2-1-3-10/h4-5H,1-3,6,13H2,(H,14,15). The minimum Gasteiger partial charge on any atom is -0.362 e. The number of nitrogens with two attached hydrogens (primary N) is 1. The minimum atomic E-state index is 0.0183. The maximum Gasteiger partial charge on any atom is 0.145 e. The summed E-state index contributed by atoms with van der Waals surface area (Å²) in [5, 5.41) is 3.98.